The number of hydrogen-bond acceptors (Lipinski definition) is 4. The molecule has 35 heavy (non-hydrogen) atoms. The highest BCUT2D eigenvalue weighted by Crippen LogP contribution is 2.40. The summed E-state index contributed by atoms with van der Waals surface area (Å²) < 4.78 is 12.0. The minimum absolute atomic E-state index is 0.602. The zero-order valence-electron chi connectivity index (χ0n) is 20.7. The standard InChI is InChI=1S/C29H30ClNO4/c1-17(9-10-24-22-16-31-13-11-19(22)12-14-34-24)25-20-7-6-8-23(30)21(20)15-18(2)26(25)27(28(32)33)35-29(3,4)5/h6-11,13,15-16,27H,12,14H2,1-5H3,(H,32,33). The third kappa shape index (κ3) is 5.26. The molecule has 1 unspecified atom stereocenters. The summed E-state index contributed by atoms with van der Waals surface area (Å²) in [5.41, 5.74) is 4.64. The van der Waals surface area contributed by atoms with Crippen molar-refractivity contribution in [2.24, 2.45) is 0 Å². The molecule has 0 fully saturated rings. The summed E-state index contributed by atoms with van der Waals surface area (Å²) in [5.74, 6) is -0.289. The molecule has 0 radical (unpaired) electrons. The number of allylic oxidation sites excluding steroid dienone is 3. The minimum atomic E-state index is -1.14. The van der Waals surface area contributed by atoms with Crippen molar-refractivity contribution in [3.8, 4) is 0 Å². The third-order valence-electron chi connectivity index (χ3n) is 6.02. The Balaban J connectivity index is 1.94. The maximum absolute atomic E-state index is 12.4. The van der Waals surface area contributed by atoms with Crippen molar-refractivity contribution in [1.82, 2.24) is 4.98 Å². The van der Waals surface area contributed by atoms with Gasteiger partial charge in [0.05, 0.1) is 12.2 Å². The van der Waals surface area contributed by atoms with Crippen LogP contribution in [0.3, 0.4) is 0 Å². The summed E-state index contributed by atoms with van der Waals surface area (Å²) in [5, 5.41) is 12.5. The maximum atomic E-state index is 12.4. The zero-order valence-corrected chi connectivity index (χ0v) is 21.4. The highest BCUT2D eigenvalue weighted by atomic mass is 35.5. The lowest BCUT2D eigenvalue weighted by molar-refractivity contribution is -0.160. The van der Waals surface area contributed by atoms with E-state index in [9.17, 15) is 9.90 Å². The molecule has 5 nitrogen and oxygen atoms in total. The number of pyridine rings is 1. The van der Waals surface area contributed by atoms with E-state index in [1.165, 1.54) is 5.56 Å². The van der Waals surface area contributed by atoms with E-state index in [0.717, 1.165) is 45.2 Å². The Morgan fingerprint density at radius 1 is 1.26 bits per heavy atom. The Hall–Kier alpha value is -3.15. The van der Waals surface area contributed by atoms with Gasteiger partial charge >= 0.3 is 5.97 Å². The molecule has 0 bridgehead atoms. The molecule has 1 atom stereocenters. The summed E-state index contributed by atoms with van der Waals surface area (Å²) in [7, 11) is 0. The van der Waals surface area contributed by atoms with Gasteiger partial charge in [-0.2, -0.15) is 0 Å². The molecule has 0 spiro atoms. The van der Waals surface area contributed by atoms with Crippen molar-refractivity contribution in [2.45, 2.75) is 52.7 Å². The van der Waals surface area contributed by atoms with Crippen LogP contribution >= 0.6 is 11.6 Å². The molecule has 0 aliphatic carbocycles. The fraction of sp³-hybridized carbons (Fsp3) is 0.310. The number of aryl methyl sites for hydroxylation is 1. The second kappa shape index (κ2) is 9.84. The van der Waals surface area contributed by atoms with Crippen LogP contribution in [0.2, 0.25) is 5.02 Å². The Morgan fingerprint density at radius 3 is 2.74 bits per heavy atom. The smallest absolute Gasteiger partial charge is 0.337 e. The van der Waals surface area contributed by atoms with Gasteiger partial charge in [-0.15, -0.1) is 0 Å². The lowest BCUT2D eigenvalue weighted by Crippen LogP contribution is -2.28. The SMILES string of the molecule is CC(=CC=C1OCCc2ccncc21)c1c(C(OC(C)(C)C)C(=O)O)c(C)cc2c(Cl)cccc12. The van der Waals surface area contributed by atoms with E-state index in [4.69, 9.17) is 21.1 Å². The molecule has 1 aromatic heterocycles. The van der Waals surface area contributed by atoms with Crippen LogP contribution in [-0.4, -0.2) is 28.3 Å². The monoisotopic (exact) mass is 491 g/mol. The van der Waals surface area contributed by atoms with Crippen LogP contribution in [0.15, 0.2) is 54.9 Å². The first kappa shape index (κ1) is 25.0. The van der Waals surface area contributed by atoms with Gasteiger partial charge in [0.25, 0.3) is 0 Å². The lowest BCUT2D eigenvalue weighted by atomic mass is 9.87. The first-order valence-corrected chi connectivity index (χ1v) is 12.0. The topological polar surface area (TPSA) is 68.7 Å². The zero-order chi connectivity index (χ0) is 25.3. The van der Waals surface area contributed by atoms with E-state index in [-0.39, 0.29) is 0 Å². The molecule has 1 N–H and O–H groups in total. The normalized spacial score (nSPS) is 16.2. The first-order valence-electron chi connectivity index (χ1n) is 11.6. The third-order valence-corrected chi connectivity index (χ3v) is 6.35. The number of hydrogen-bond donors (Lipinski definition) is 1. The number of carboxylic acids is 1. The van der Waals surface area contributed by atoms with Gasteiger partial charge in [0.2, 0.25) is 0 Å². The average Bonchev–Trinajstić information content (AvgIpc) is 2.80. The number of halogens is 1. The summed E-state index contributed by atoms with van der Waals surface area (Å²) >= 11 is 6.56. The quantitative estimate of drug-likeness (QED) is 0.410. The summed E-state index contributed by atoms with van der Waals surface area (Å²) in [6, 6.07) is 9.64. The van der Waals surface area contributed by atoms with Crippen LogP contribution < -0.4 is 0 Å². The number of benzene rings is 2. The van der Waals surface area contributed by atoms with Gasteiger partial charge in [0, 0.05) is 40.4 Å². The molecule has 6 heteroatoms. The van der Waals surface area contributed by atoms with Gasteiger partial charge in [-0.25, -0.2) is 4.79 Å². The average molecular weight is 492 g/mol. The molecule has 0 saturated heterocycles. The number of aromatic nitrogens is 1. The van der Waals surface area contributed by atoms with Crippen molar-refractivity contribution in [3.05, 3.63) is 87.7 Å². The summed E-state index contributed by atoms with van der Waals surface area (Å²) in [4.78, 5) is 16.7. The second-order valence-corrected chi connectivity index (χ2v) is 10.2. The van der Waals surface area contributed by atoms with Gasteiger partial charge in [0.1, 0.15) is 5.76 Å². The van der Waals surface area contributed by atoms with Crippen molar-refractivity contribution in [2.75, 3.05) is 6.61 Å². The second-order valence-electron chi connectivity index (χ2n) is 9.78. The van der Waals surface area contributed by atoms with E-state index in [1.54, 1.807) is 6.20 Å². The van der Waals surface area contributed by atoms with Gasteiger partial charge in [-0.1, -0.05) is 29.8 Å². The van der Waals surface area contributed by atoms with Gasteiger partial charge in [-0.3, -0.25) is 4.98 Å². The molecule has 4 rings (SSSR count). The first-order chi connectivity index (χ1) is 16.6. The predicted molar refractivity (Wildman–Crippen MR) is 140 cm³/mol. The Bertz CT molecular complexity index is 1350. The Morgan fingerprint density at radius 2 is 2.03 bits per heavy atom. The molecule has 0 saturated carbocycles. The largest absolute Gasteiger partial charge is 0.493 e. The summed E-state index contributed by atoms with van der Waals surface area (Å²) in [6.07, 6.45) is 7.20. The Kier molecular flexibility index (Phi) is 7.02. The molecule has 2 heterocycles. The molecule has 0 amide bonds. The molecule has 182 valence electrons. The minimum Gasteiger partial charge on any atom is -0.493 e. The van der Waals surface area contributed by atoms with Gasteiger partial charge in [0.15, 0.2) is 6.10 Å². The van der Waals surface area contributed by atoms with Crippen molar-refractivity contribution in [1.29, 1.82) is 0 Å². The summed E-state index contributed by atoms with van der Waals surface area (Å²) in [6.45, 7) is 10.0. The number of aliphatic carboxylic acids is 1. The van der Waals surface area contributed by atoms with Crippen molar-refractivity contribution >= 4 is 39.7 Å². The molecule has 3 aromatic rings. The number of rotatable bonds is 5. The molecular formula is C29H30ClNO4. The number of carboxylic acid groups (broad SMARTS) is 1. The van der Waals surface area contributed by atoms with E-state index >= 15 is 0 Å². The maximum Gasteiger partial charge on any atom is 0.337 e. The van der Waals surface area contributed by atoms with E-state index in [2.05, 4.69) is 4.98 Å². The molecule has 1 aliphatic heterocycles. The number of carbonyl (C=O) groups is 1. The molecule has 2 aromatic carbocycles. The highest BCUT2D eigenvalue weighted by Gasteiger charge is 2.31. The van der Waals surface area contributed by atoms with Crippen LogP contribution in [0.1, 0.15) is 61.6 Å². The van der Waals surface area contributed by atoms with Crippen LogP contribution in [0, 0.1) is 6.92 Å². The van der Waals surface area contributed by atoms with Crippen molar-refractivity contribution in [3.63, 3.8) is 0 Å². The Labute approximate surface area is 211 Å². The van der Waals surface area contributed by atoms with Crippen LogP contribution in [0.25, 0.3) is 22.1 Å². The van der Waals surface area contributed by atoms with Gasteiger partial charge < -0.3 is 14.6 Å². The lowest BCUT2D eigenvalue weighted by Gasteiger charge is -2.28. The molecular weight excluding hydrogens is 462 g/mol. The van der Waals surface area contributed by atoms with Crippen LogP contribution in [-0.2, 0) is 20.7 Å². The number of nitrogens with zero attached hydrogens (tertiary/aromatic N) is 1. The fourth-order valence-corrected chi connectivity index (χ4v) is 4.75. The van der Waals surface area contributed by atoms with Crippen LogP contribution in [0.4, 0.5) is 0 Å². The number of fused-ring (bicyclic) bond motifs is 2. The fourth-order valence-electron chi connectivity index (χ4n) is 4.52. The number of ether oxygens (including phenoxy) is 2. The van der Waals surface area contributed by atoms with E-state index in [1.807, 2.05) is 83.3 Å². The van der Waals surface area contributed by atoms with Crippen LogP contribution in [0.5, 0.6) is 0 Å². The highest BCUT2D eigenvalue weighted by molar-refractivity contribution is 6.35. The van der Waals surface area contributed by atoms with Gasteiger partial charge in [-0.05, 0) is 86.5 Å². The van der Waals surface area contributed by atoms with E-state index in [0.29, 0.717) is 17.2 Å². The van der Waals surface area contributed by atoms with E-state index < -0.39 is 17.7 Å². The van der Waals surface area contributed by atoms with Crippen molar-refractivity contribution < 1.29 is 19.4 Å². The predicted octanol–water partition coefficient (Wildman–Crippen LogP) is 7.15. The molecule has 1 aliphatic rings.